The molecule has 1 aliphatic rings. The van der Waals surface area contributed by atoms with Crippen molar-refractivity contribution in [1.29, 1.82) is 0 Å². The molecule has 3 N–H and O–H groups in total. The molecule has 1 atom stereocenters. The minimum atomic E-state index is -1.65. The van der Waals surface area contributed by atoms with Gasteiger partial charge in [-0.1, -0.05) is 17.9 Å². The molecule has 3 aromatic rings. The van der Waals surface area contributed by atoms with Crippen LogP contribution in [0.3, 0.4) is 0 Å². The van der Waals surface area contributed by atoms with E-state index in [-0.39, 0.29) is 12.3 Å². The standard InChI is InChI=1S/C21H18N4O3/c1-24-11-9-21(28,20(24)27)8-7-14-4-2-5-15(12-14)25-13-17(18(22)26)16-6-3-10-23-19(16)25/h2-6,10,12-13,28H,9,11H2,1H3,(H2,22,26)/t21-/m0/s1. The van der Waals surface area contributed by atoms with E-state index < -0.39 is 11.5 Å². The van der Waals surface area contributed by atoms with Crippen molar-refractivity contribution in [3.63, 3.8) is 0 Å². The molecule has 140 valence electrons. The van der Waals surface area contributed by atoms with E-state index in [1.165, 1.54) is 4.90 Å². The Morgan fingerprint density at radius 1 is 1.32 bits per heavy atom. The molecule has 0 aliphatic carbocycles. The maximum atomic E-state index is 12.1. The predicted octanol–water partition coefficient (Wildman–Crippen LogP) is 1.07. The second-order valence-electron chi connectivity index (χ2n) is 6.79. The van der Waals surface area contributed by atoms with Crippen LogP contribution in [-0.2, 0) is 4.79 Å². The molecular weight excluding hydrogens is 356 g/mol. The minimum Gasteiger partial charge on any atom is -0.369 e. The Kier molecular flexibility index (Phi) is 4.13. The van der Waals surface area contributed by atoms with Gasteiger partial charge in [-0.3, -0.25) is 9.59 Å². The molecule has 1 aliphatic heterocycles. The maximum Gasteiger partial charge on any atom is 0.267 e. The fourth-order valence-electron chi connectivity index (χ4n) is 3.33. The van der Waals surface area contributed by atoms with Crippen LogP contribution in [0.15, 0.2) is 48.8 Å². The monoisotopic (exact) mass is 374 g/mol. The van der Waals surface area contributed by atoms with E-state index in [1.54, 1.807) is 48.3 Å². The van der Waals surface area contributed by atoms with Gasteiger partial charge in [-0.05, 0) is 30.3 Å². The van der Waals surface area contributed by atoms with Gasteiger partial charge in [-0.15, -0.1) is 0 Å². The number of benzene rings is 1. The normalized spacial score (nSPS) is 18.9. The lowest BCUT2D eigenvalue weighted by Crippen LogP contribution is -2.37. The van der Waals surface area contributed by atoms with Gasteiger partial charge in [-0.2, -0.15) is 0 Å². The SMILES string of the molecule is CN1CC[C@@](O)(C#Cc2cccc(-n3cc(C(N)=O)c4cccnc43)c2)C1=O. The summed E-state index contributed by atoms with van der Waals surface area (Å²) in [5, 5.41) is 11.1. The molecule has 7 nitrogen and oxygen atoms in total. The summed E-state index contributed by atoms with van der Waals surface area (Å²) >= 11 is 0. The average Bonchev–Trinajstić information content (AvgIpc) is 3.21. The molecule has 4 rings (SSSR count). The summed E-state index contributed by atoms with van der Waals surface area (Å²) in [5.74, 6) is 4.69. The largest absolute Gasteiger partial charge is 0.369 e. The van der Waals surface area contributed by atoms with Gasteiger partial charge in [0.25, 0.3) is 11.8 Å². The number of nitrogens with two attached hydrogens (primary N) is 1. The topological polar surface area (TPSA) is 101 Å². The molecule has 0 unspecified atom stereocenters. The van der Waals surface area contributed by atoms with Gasteiger partial charge in [0.15, 0.2) is 0 Å². The van der Waals surface area contributed by atoms with E-state index in [1.807, 2.05) is 12.1 Å². The molecule has 0 spiro atoms. The number of aromatic nitrogens is 2. The highest BCUT2D eigenvalue weighted by Crippen LogP contribution is 2.24. The fourth-order valence-corrected chi connectivity index (χ4v) is 3.33. The van der Waals surface area contributed by atoms with Crippen molar-refractivity contribution in [2.45, 2.75) is 12.0 Å². The number of fused-ring (bicyclic) bond motifs is 1. The smallest absolute Gasteiger partial charge is 0.267 e. The molecule has 28 heavy (non-hydrogen) atoms. The van der Waals surface area contributed by atoms with Gasteiger partial charge >= 0.3 is 0 Å². The molecule has 2 amide bonds. The lowest BCUT2D eigenvalue weighted by atomic mass is 10.0. The van der Waals surface area contributed by atoms with Crippen molar-refractivity contribution >= 4 is 22.8 Å². The summed E-state index contributed by atoms with van der Waals surface area (Å²) in [6, 6.07) is 10.8. The zero-order chi connectivity index (χ0) is 19.9. The van der Waals surface area contributed by atoms with Gasteiger partial charge in [0, 0.05) is 49.0 Å². The molecule has 1 aromatic carbocycles. The van der Waals surface area contributed by atoms with Crippen molar-refractivity contribution in [2.75, 3.05) is 13.6 Å². The van der Waals surface area contributed by atoms with E-state index in [0.29, 0.717) is 28.7 Å². The first-order valence-corrected chi connectivity index (χ1v) is 8.76. The number of hydrogen-bond acceptors (Lipinski definition) is 4. The number of amides is 2. The summed E-state index contributed by atoms with van der Waals surface area (Å²) in [6.07, 6.45) is 3.57. The van der Waals surface area contributed by atoms with Crippen LogP contribution in [0.2, 0.25) is 0 Å². The van der Waals surface area contributed by atoms with E-state index in [2.05, 4.69) is 16.8 Å². The summed E-state index contributed by atoms with van der Waals surface area (Å²) in [4.78, 5) is 29.7. The number of hydrogen-bond donors (Lipinski definition) is 2. The molecule has 0 radical (unpaired) electrons. The fraction of sp³-hybridized carbons (Fsp3) is 0.190. The third kappa shape index (κ3) is 2.90. The summed E-state index contributed by atoms with van der Waals surface area (Å²) in [5.41, 5.74) is 6.20. The maximum absolute atomic E-state index is 12.1. The Hall–Kier alpha value is -3.63. The number of carbonyl (C=O) groups is 2. The number of aliphatic hydroxyl groups is 1. The highest BCUT2D eigenvalue weighted by molar-refractivity contribution is 6.05. The van der Waals surface area contributed by atoms with Crippen LogP contribution in [0.5, 0.6) is 0 Å². The van der Waals surface area contributed by atoms with Gasteiger partial charge in [0.1, 0.15) is 5.65 Å². The highest BCUT2D eigenvalue weighted by Gasteiger charge is 2.42. The van der Waals surface area contributed by atoms with Crippen LogP contribution in [0.1, 0.15) is 22.3 Å². The Bertz CT molecular complexity index is 1170. The number of carbonyl (C=O) groups excluding carboxylic acids is 2. The number of likely N-dealkylation sites (tertiary alicyclic amines) is 1. The number of rotatable bonds is 2. The second kappa shape index (κ2) is 6.51. The van der Waals surface area contributed by atoms with Crippen molar-refractivity contribution in [2.24, 2.45) is 5.73 Å². The van der Waals surface area contributed by atoms with Crippen LogP contribution >= 0.6 is 0 Å². The van der Waals surface area contributed by atoms with Crippen molar-refractivity contribution in [3.8, 4) is 17.5 Å². The molecular formula is C21H18N4O3. The van der Waals surface area contributed by atoms with Crippen molar-refractivity contribution < 1.29 is 14.7 Å². The third-order valence-electron chi connectivity index (χ3n) is 4.88. The first-order valence-electron chi connectivity index (χ1n) is 8.76. The Morgan fingerprint density at radius 3 is 2.86 bits per heavy atom. The van der Waals surface area contributed by atoms with Gasteiger partial charge in [0.2, 0.25) is 5.60 Å². The van der Waals surface area contributed by atoms with E-state index >= 15 is 0 Å². The summed E-state index contributed by atoms with van der Waals surface area (Å²) < 4.78 is 1.77. The highest BCUT2D eigenvalue weighted by atomic mass is 16.3. The van der Waals surface area contributed by atoms with E-state index in [9.17, 15) is 14.7 Å². The molecule has 2 aromatic heterocycles. The molecule has 7 heteroatoms. The number of likely N-dealkylation sites (N-methyl/N-ethyl adjacent to an activating group) is 1. The Morgan fingerprint density at radius 2 is 2.14 bits per heavy atom. The lowest BCUT2D eigenvalue weighted by Gasteiger charge is -2.13. The van der Waals surface area contributed by atoms with Gasteiger partial charge in [0.05, 0.1) is 5.56 Å². The lowest BCUT2D eigenvalue weighted by molar-refractivity contribution is -0.137. The minimum absolute atomic E-state index is 0.281. The van der Waals surface area contributed by atoms with Crippen LogP contribution < -0.4 is 5.73 Å². The van der Waals surface area contributed by atoms with Crippen LogP contribution in [0.4, 0.5) is 0 Å². The predicted molar refractivity (Wildman–Crippen MR) is 104 cm³/mol. The summed E-state index contributed by atoms with van der Waals surface area (Å²) in [6.45, 7) is 0.473. The van der Waals surface area contributed by atoms with Crippen molar-refractivity contribution in [1.82, 2.24) is 14.5 Å². The zero-order valence-electron chi connectivity index (χ0n) is 15.2. The van der Waals surface area contributed by atoms with Crippen molar-refractivity contribution in [3.05, 3.63) is 59.9 Å². The molecule has 1 saturated heterocycles. The third-order valence-corrected chi connectivity index (χ3v) is 4.88. The average molecular weight is 374 g/mol. The van der Waals surface area contributed by atoms with Gasteiger partial charge < -0.3 is 20.3 Å². The first-order chi connectivity index (χ1) is 13.4. The Balaban J connectivity index is 1.76. The molecule has 1 fully saturated rings. The van der Waals surface area contributed by atoms with E-state index in [4.69, 9.17) is 5.73 Å². The van der Waals surface area contributed by atoms with Crippen LogP contribution in [0.25, 0.3) is 16.7 Å². The second-order valence-corrected chi connectivity index (χ2v) is 6.79. The quantitative estimate of drug-likeness (QED) is 0.655. The number of pyridine rings is 1. The first kappa shape index (κ1) is 17.8. The van der Waals surface area contributed by atoms with Crippen LogP contribution in [-0.4, -0.2) is 50.6 Å². The van der Waals surface area contributed by atoms with Crippen LogP contribution in [0, 0.1) is 11.8 Å². The Labute approximate surface area is 161 Å². The zero-order valence-corrected chi connectivity index (χ0v) is 15.2. The molecule has 0 bridgehead atoms. The summed E-state index contributed by atoms with van der Waals surface area (Å²) in [7, 11) is 1.64. The van der Waals surface area contributed by atoms with E-state index in [0.717, 1.165) is 5.69 Å². The van der Waals surface area contributed by atoms with Gasteiger partial charge in [-0.25, -0.2) is 4.98 Å². The molecule has 0 saturated carbocycles. The number of nitrogens with zero attached hydrogens (tertiary/aromatic N) is 3. The molecule has 3 heterocycles. The number of primary amides is 1.